The number of anilines is 1. The van der Waals surface area contributed by atoms with Crippen LogP contribution in [0.4, 0.5) is 5.69 Å². The smallest absolute Gasteiger partial charge is 0.277 e. The zero-order chi connectivity index (χ0) is 20.4. The van der Waals surface area contributed by atoms with Crippen molar-refractivity contribution in [1.29, 1.82) is 0 Å². The monoisotopic (exact) mass is 390 g/mol. The number of ether oxygens (including phenoxy) is 1. The Bertz CT molecular complexity index is 1150. The van der Waals surface area contributed by atoms with Crippen LogP contribution in [0.5, 0.6) is 11.6 Å². The molecule has 0 saturated heterocycles. The first-order valence-electron chi connectivity index (χ1n) is 8.80. The van der Waals surface area contributed by atoms with E-state index < -0.39 is 0 Å². The summed E-state index contributed by atoms with van der Waals surface area (Å²) in [4.78, 5) is 16.4. The largest absolute Gasteiger partial charge is 0.438 e. The zero-order valence-electron chi connectivity index (χ0n) is 16.1. The number of nitrogens with one attached hydrogen (secondary N) is 1. The molecular weight excluding hydrogens is 372 g/mol. The van der Waals surface area contributed by atoms with Crippen LogP contribution in [0.25, 0.3) is 5.82 Å². The first kappa shape index (κ1) is 18.3. The van der Waals surface area contributed by atoms with E-state index in [4.69, 9.17) is 4.74 Å². The lowest BCUT2D eigenvalue weighted by molar-refractivity contribution is 0.102. The minimum atomic E-state index is -0.335. The number of aromatic nitrogens is 7. The topological polar surface area (TPSA) is 113 Å². The van der Waals surface area contributed by atoms with Gasteiger partial charge in [-0.15, -0.1) is 15.3 Å². The Labute approximate surface area is 166 Å². The molecule has 0 unspecified atom stereocenters. The molecule has 1 aromatic carbocycles. The van der Waals surface area contributed by atoms with Crippen LogP contribution < -0.4 is 10.1 Å². The van der Waals surface area contributed by atoms with Crippen LogP contribution in [0.1, 0.15) is 21.9 Å². The third-order valence-corrected chi connectivity index (χ3v) is 4.29. The van der Waals surface area contributed by atoms with Crippen molar-refractivity contribution in [3.8, 4) is 17.4 Å². The van der Waals surface area contributed by atoms with Crippen molar-refractivity contribution in [1.82, 2.24) is 34.7 Å². The standard InChI is InChI=1S/C19H18N8O2/c1-12-13(2)27(11-20-12)17-8-9-18(24-23-17)29-15-6-4-14(5-7-15)21-19(28)16-10-26(3)25-22-16/h4-11H,1-3H3,(H,21,28). The number of hydrogen-bond acceptors (Lipinski definition) is 7. The third kappa shape index (κ3) is 3.95. The molecule has 10 nitrogen and oxygen atoms in total. The van der Waals surface area contributed by atoms with E-state index in [0.29, 0.717) is 23.1 Å². The molecule has 0 aliphatic heterocycles. The van der Waals surface area contributed by atoms with E-state index in [2.05, 4.69) is 30.8 Å². The van der Waals surface area contributed by atoms with Crippen molar-refractivity contribution in [2.24, 2.45) is 7.05 Å². The predicted octanol–water partition coefficient (Wildman–Crippen LogP) is 2.45. The van der Waals surface area contributed by atoms with Crippen molar-refractivity contribution in [2.75, 3.05) is 5.32 Å². The zero-order valence-corrected chi connectivity index (χ0v) is 16.1. The number of benzene rings is 1. The van der Waals surface area contributed by atoms with Crippen LogP contribution in [0.3, 0.4) is 0 Å². The fourth-order valence-electron chi connectivity index (χ4n) is 2.60. The number of nitrogens with zero attached hydrogens (tertiary/aromatic N) is 7. The Morgan fingerprint density at radius 3 is 2.41 bits per heavy atom. The number of carbonyl (C=O) groups excluding carboxylic acids is 1. The van der Waals surface area contributed by atoms with E-state index in [0.717, 1.165) is 11.4 Å². The minimum Gasteiger partial charge on any atom is -0.438 e. The summed E-state index contributed by atoms with van der Waals surface area (Å²) >= 11 is 0. The lowest BCUT2D eigenvalue weighted by atomic mass is 10.3. The predicted molar refractivity (Wildman–Crippen MR) is 104 cm³/mol. The molecule has 0 aliphatic carbocycles. The van der Waals surface area contributed by atoms with Crippen molar-refractivity contribution in [2.45, 2.75) is 13.8 Å². The Morgan fingerprint density at radius 2 is 1.83 bits per heavy atom. The molecular formula is C19H18N8O2. The summed E-state index contributed by atoms with van der Waals surface area (Å²) in [6.45, 7) is 3.91. The highest BCUT2D eigenvalue weighted by Crippen LogP contribution is 2.22. The Morgan fingerprint density at radius 1 is 1.03 bits per heavy atom. The fraction of sp³-hybridized carbons (Fsp3) is 0.158. The van der Waals surface area contributed by atoms with Gasteiger partial charge in [0.05, 0.1) is 11.9 Å². The molecule has 3 aromatic heterocycles. The summed E-state index contributed by atoms with van der Waals surface area (Å²) in [5.74, 6) is 1.26. The van der Waals surface area contributed by atoms with E-state index in [9.17, 15) is 4.79 Å². The molecule has 1 amide bonds. The summed E-state index contributed by atoms with van der Waals surface area (Å²) in [7, 11) is 1.70. The van der Waals surface area contributed by atoms with Gasteiger partial charge in [0.25, 0.3) is 5.91 Å². The van der Waals surface area contributed by atoms with Gasteiger partial charge in [0.1, 0.15) is 12.1 Å². The summed E-state index contributed by atoms with van der Waals surface area (Å²) < 4.78 is 9.04. The van der Waals surface area contributed by atoms with Gasteiger partial charge in [-0.25, -0.2) is 4.98 Å². The Hall–Kier alpha value is -4.08. The molecule has 0 fully saturated rings. The van der Waals surface area contributed by atoms with Crippen LogP contribution in [-0.4, -0.2) is 40.6 Å². The van der Waals surface area contributed by atoms with Gasteiger partial charge < -0.3 is 10.1 Å². The number of rotatable bonds is 5. The number of imidazole rings is 1. The highest BCUT2D eigenvalue weighted by molar-refractivity contribution is 6.02. The molecule has 146 valence electrons. The summed E-state index contributed by atoms with van der Waals surface area (Å²) in [5, 5.41) is 18.6. The van der Waals surface area contributed by atoms with Crippen LogP contribution in [0.15, 0.2) is 48.9 Å². The maximum atomic E-state index is 12.1. The lowest BCUT2D eigenvalue weighted by Crippen LogP contribution is -2.12. The van der Waals surface area contributed by atoms with Gasteiger partial charge in [0, 0.05) is 24.5 Å². The normalized spacial score (nSPS) is 10.7. The number of amides is 1. The molecule has 0 radical (unpaired) electrons. The average Bonchev–Trinajstić information content (AvgIpc) is 3.30. The second-order valence-electron chi connectivity index (χ2n) is 6.37. The second-order valence-corrected chi connectivity index (χ2v) is 6.37. The van der Waals surface area contributed by atoms with Gasteiger partial charge in [-0.05, 0) is 44.2 Å². The molecule has 10 heteroatoms. The highest BCUT2D eigenvalue weighted by Gasteiger charge is 2.11. The first-order valence-corrected chi connectivity index (χ1v) is 8.80. The fourth-order valence-corrected chi connectivity index (χ4v) is 2.60. The SMILES string of the molecule is Cc1ncn(-c2ccc(Oc3ccc(NC(=O)c4cn(C)nn4)cc3)nn2)c1C. The number of carbonyl (C=O) groups is 1. The van der Waals surface area contributed by atoms with Crippen molar-refractivity contribution >= 4 is 11.6 Å². The lowest BCUT2D eigenvalue weighted by Gasteiger charge is -2.08. The van der Waals surface area contributed by atoms with Gasteiger partial charge in [-0.2, -0.15) is 0 Å². The first-order chi connectivity index (χ1) is 14.0. The van der Waals surface area contributed by atoms with Gasteiger partial charge in [0.15, 0.2) is 11.5 Å². The highest BCUT2D eigenvalue weighted by atomic mass is 16.5. The second kappa shape index (κ2) is 7.50. The molecule has 29 heavy (non-hydrogen) atoms. The molecule has 0 spiro atoms. The van der Waals surface area contributed by atoms with Crippen molar-refractivity contribution in [3.63, 3.8) is 0 Å². The summed E-state index contributed by atoms with van der Waals surface area (Å²) in [6, 6.07) is 10.5. The summed E-state index contributed by atoms with van der Waals surface area (Å²) in [6.07, 6.45) is 3.25. The van der Waals surface area contributed by atoms with Gasteiger partial charge >= 0.3 is 0 Å². The number of hydrogen-bond donors (Lipinski definition) is 1. The van der Waals surface area contributed by atoms with E-state index in [-0.39, 0.29) is 11.6 Å². The van der Waals surface area contributed by atoms with E-state index in [1.54, 1.807) is 49.9 Å². The van der Waals surface area contributed by atoms with Gasteiger partial charge in [-0.3, -0.25) is 14.0 Å². The van der Waals surface area contributed by atoms with Crippen molar-refractivity contribution in [3.05, 3.63) is 66.0 Å². The van der Waals surface area contributed by atoms with E-state index >= 15 is 0 Å². The molecule has 0 bridgehead atoms. The van der Waals surface area contributed by atoms with Gasteiger partial charge in [0.2, 0.25) is 5.88 Å². The molecule has 0 saturated carbocycles. The number of aryl methyl sites for hydroxylation is 2. The van der Waals surface area contributed by atoms with Crippen LogP contribution in [-0.2, 0) is 7.05 Å². The molecule has 4 rings (SSSR count). The average molecular weight is 390 g/mol. The maximum absolute atomic E-state index is 12.1. The molecule has 0 aliphatic rings. The van der Waals surface area contributed by atoms with Gasteiger partial charge in [-0.1, -0.05) is 5.21 Å². The molecule has 4 aromatic rings. The van der Waals surface area contributed by atoms with Crippen LogP contribution in [0.2, 0.25) is 0 Å². The maximum Gasteiger partial charge on any atom is 0.277 e. The van der Waals surface area contributed by atoms with Crippen LogP contribution in [0, 0.1) is 13.8 Å². The summed E-state index contributed by atoms with van der Waals surface area (Å²) in [5.41, 5.74) is 2.80. The molecule has 3 heterocycles. The quantitative estimate of drug-likeness (QED) is 0.557. The Kier molecular flexibility index (Phi) is 4.73. The minimum absolute atomic E-state index is 0.242. The van der Waals surface area contributed by atoms with Crippen molar-refractivity contribution < 1.29 is 9.53 Å². The molecule has 0 atom stereocenters. The van der Waals surface area contributed by atoms with E-state index in [1.165, 1.54) is 4.68 Å². The van der Waals surface area contributed by atoms with Crippen LogP contribution >= 0.6 is 0 Å². The Balaban J connectivity index is 1.41. The molecule has 1 N–H and O–H groups in total. The van der Waals surface area contributed by atoms with E-state index in [1.807, 2.05) is 24.5 Å². The third-order valence-electron chi connectivity index (χ3n) is 4.29.